The highest BCUT2D eigenvalue weighted by molar-refractivity contribution is 8.03. The van der Waals surface area contributed by atoms with Gasteiger partial charge in [-0.1, -0.05) is 163 Å². The Balaban J connectivity index is 1.06. The first-order valence-corrected chi connectivity index (χ1v) is 18.2. The van der Waals surface area contributed by atoms with Crippen molar-refractivity contribution >= 4 is 71.6 Å². The lowest BCUT2D eigenvalue weighted by Gasteiger charge is -2.24. The monoisotopic (exact) mass is 654 g/mol. The molecule has 0 saturated carbocycles. The van der Waals surface area contributed by atoms with Crippen molar-refractivity contribution in [1.82, 2.24) is 0 Å². The second kappa shape index (κ2) is 10.8. The zero-order valence-corrected chi connectivity index (χ0v) is 28.0. The van der Waals surface area contributed by atoms with Crippen LogP contribution in [0.1, 0.15) is 23.5 Å². The van der Waals surface area contributed by atoms with Crippen LogP contribution >= 0.6 is 11.8 Å². The summed E-state index contributed by atoms with van der Waals surface area (Å²) in [7, 11) is 0. The minimum Gasteiger partial charge on any atom is -0.455 e. The van der Waals surface area contributed by atoms with Crippen LogP contribution in [-0.4, -0.2) is 0 Å². The number of hydrogen-bond donors (Lipinski definition) is 0. The Labute approximate surface area is 294 Å². The van der Waals surface area contributed by atoms with Gasteiger partial charge in [0.25, 0.3) is 0 Å². The predicted octanol–water partition coefficient (Wildman–Crippen LogP) is 13.9. The van der Waals surface area contributed by atoms with E-state index >= 15 is 0 Å². The van der Waals surface area contributed by atoms with Gasteiger partial charge < -0.3 is 4.42 Å². The summed E-state index contributed by atoms with van der Waals surface area (Å²) in [4.78, 5) is 2.77. The van der Waals surface area contributed by atoms with E-state index in [1.54, 1.807) is 0 Å². The van der Waals surface area contributed by atoms with Crippen molar-refractivity contribution in [3.8, 4) is 22.3 Å². The fourth-order valence-corrected chi connectivity index (χ4v) is 9.93. The molecular formula is C48H30OS. The normalized spacial score (nSPS) is 15.5. The van der Waals surface area contributed by atoms with Gasteiger partial charge in [-0.25, -0.2) is 0 Å². The van der Waals surface area contributed by atoms with E-state index < -0.39 is 0 Å². The molecule has 1 nitrogen and oxygen atoms in total. The number of fused-ring (bicyclic) bond motifs is 11. The Morgan fingerprint density at radius 3 is 1.82 bits per heavy atom. The standard InChI is InChI=1S/C48H30OS/c1-2-10-29(11-3-1)30-18-20-31(21-19-30)44-35-13-4-6-15-37(35)45(38-16-7-5-14-36(38)44)33-24-27-43-41(28-33)40-26-23-32-22-25-39-34-12-8-9-17-42(34)49-47(39)46(32)48(40)50-43/h1-27,41H,28H2. The van der Waals surface area contributed by atoms with Crippen LogP contribution in [0.2, 0.25) is 0 Å². The molecule has 9 aromatic rings. The molecule has 0 bridgehead atoms. The Morgan fingerprint density at radius 1 is 0.480 bits per heavy atom. The largest absolute Gasteiger partial charge is 0.455 e. The van der Waals surface area contributed by atoms with Crippen LogP contribution in [0.25, 0.3) is 82.1 Å². The van der Waals surface area contributed by atoms with E-state index in [9.17, 15) is 0 Å². The van der Waals surface area contributed by atoms with Crippen molar-refractivity contribution in [2.24, 2.45) is 0 Å². The second-order valence-corrected chi connectivity index (χ2v) is 14.6. The summed E-state index contributed by atoms with van der Waals surface area (Å²) in [5.41, 5.74) is 11.1. The lowest BCUT2D eigenvalue weighted by Crippen LogP contribution is -2.03. The van der Waals surface area contributed by atoms with Crippen LogP contribution in [0.5, 0.6) is 0 Å². The van der Waals surface area contributed by atoms with Crippen molar-refractivity contribution in [3.05, 3.63) is 180 Å². The molecule has 0 amide bonds. The molecule has 50 heavy (non-hydrogen) atoms. The van der Waals surface area contributed by atoms with Crippen LogP contribution in [0.4, 0.5) is 0 Å². The maximum atomic E-state index is 6.56. The van der Waals surface area contributed by atoms with Gasteiger partial charge in [-0.05, 0) is 89.3 Å². The maximum absolute atomic E-state index is 6.56. The number of allylic oxidation sites excluding steroid dienone is 4. The fourth-order valence-electron chi connectivity index (χ4n) is 8.57. The molecular weight excluding hydrogens is 625 g/mol. The molecule has 1 aliphatic carbocycles. The van der Waals surface area contributed by atoms with Crippen LogP contribution < -0.4 is 0 Å². The summed E-state index contributed by atoms with van der Waals surface area (Å²) >= 11 is 1.93. The average Bonchev–Trinajstić information content (AvgIpc) is 3.75. The molecule has 2 aliphatic rings. The maximum Gasteiger partial charge on any atom is 0.144 e. The summed E-state index contributed by atoms with van der Waals surface area (Å²) < 4.78 is 6.56. The Kier molecular flexibility index (Phi) is 6.08. The minimum absolute atomic E-state index is 0.321. The topological polar surface area (TPSA) is 13.1 Å². The first-order valence-electron chi connectivity index (χ1n) is 17.4. The van der Waals surface area contributed by atoms with E-state index in [4.69, 9.17) is 4.42 Å². The first kappa shape index (κ1) is 28.1. The van der Waals surface area contributed by atoms with Gasteiger partial charge in [0.15, 0.2) is 0 Å². The number of para-hydroxylation sites is 1. The van der Waals surface area contributed by atoms with E-state index in [2.05, 4.69) is 164 Å². The summed E-state index contributed by atoms with van der Waals surface area (Å²) in [6, 6.07) is 55.3. The predicted molar refractivity (Wildman–Crippen MR) is 213 cm³/mol. The summed E-state index contributed by atoms with van der Waals surface area (Å²) in [6.07, 6.45) is 5.75. The lowest BCUT2D eigenvalue weighted by atomic mass is 9.80. The molecule has 0 N–H and O–H groups in total. The summed E-state index contributed by atoms with van der Waals surface area (Å²) in [6.45, 7) is 0. The quantitative estimate of drug-likeness (QED) is 0.176. The second-order valence-electron chi connectivity index (χ2n) is 13.5. The molecule has 0 radical (unpaired) electrons. The molecule has 0 fully saturated rings. The highest BCUT2D eigenvalue weighted by Gasteiger charge is 2.34. The molecule has 11 rings (SSSR count). The molecule has 0 spiro atoms. The lowest BCUT2D eigenvalue weighted by molar-refractivity contribution is 0.672. The fraction of sp³-hybridized carbons (Fsp3) is 0.0417. The third kappa shape index (κ3) is 4.09. The van der Waals surface area contributed by atoms with Gasteiger partial charge in [0.2, 0.25) is 0 Å². The SMILES string of the molecule is C1=C(c2c3ccccc3c(-c3ccc(-c4ccccc4)cc3)c3ccccc23)CC2C(=C1)Sc1c2ccc2ccc3c4ccccc4oc3c12. The molecule has 1 aliphatic heterocycles. The molecule has 2 heteroatoms. The van der Waals surface area contributed by atoms with E-state index in [0.717, 1.165) is 17.6 Å². The minimum atomic E-state index is 0.321. The highest BCUT2D eigenvalue weighted by atomic mass is 32.2. The summed E-state index contributed by atoms with van der Waals surface area (Å²) in [5, 5.41) is 10.1. The Bertz CT molecular complexity index is 2850. The zero-order valence-electron chi connectivity index (χ0n) is 27.2. The number of benzene rings is 8. The van der Waals surface area contributed by atoms with Crippen molar-refractivity contribution in [2.45, 2.75) is 17.2 Å². The number of furan rings is 1. The van der Waals surface area contributed by atoms with Crippen molar-refractivity contribution in [2.75, 3.05) is 0 Å². The molecule has 1 atom stereocenters. The Hall–Kier alpha value is -5.83. The molecule has 1 unspecified atom stereocenters. The van der Waals surface area contributed by atoms with Gasteiger partial charge in [0.1, 0.15) is 11.2 Å². The molecule has 0 saturated heterocycles. The third-order valence-corrected chi connectivity index (χ3v) is 12.2. The molecule has 1 aromatic heterocycles. The van der Waals surface area contributed by atoms with E-state index in [-0.39, 0.29) is 0 Å². The van der Waals surface area contributed by atoms with Gasteiger partial charge in [0.05, 0.1) is 0 Å². The Morgan fingerprint density at radius 2 is 1.08 bits per heavy atom. The number of hydrogen-bond acceptors (Lipinski definition) is 2. The van der Waals surface area contributed by atoms with Gasteiger partial charge in [-0.3, -0.25) is 0 Å². The van der Waals surface area contributed by atoms with Gasteiger partial charge >= 0.3 is 0 Å². The van der Waals surface area contributed by atoms with Crippen molar-refractivity contribution in [3.63, 3.8) is 0 Å². The zero-order chi connectivity index (χ0) is 32.8. The van der Waals surface area contributed by atoms with E-state index in [0.29, 0.717) is 5.92 Å². The molecule has 234 valence electrons. The van der Waals surface area contributed by atoms with Crippen LogP contribution in [0, 0.1) is 0 Å². The molecule has 2 heterocycles. The summed E-state index contributed by atoms with van der Waals surface area (Å²) in [5.74, 6) is 0.321. The van der Waals surface area contributed by atoms with Crippen LogP contribution in [0.3, 0.4) is 0 Å². The molecule has 8 aromatic carbocycles. The third-order valence-electron chi connectivity index (χ3n) is 10.9. The number of rotatable bonds is 3. The number of thioether (sulfide) groups is 1. The van der Waals surface area contributed by atoms with Gasteiger partial charge in [-0.2, -0.15) is 0 Å². The first-order chi connectivity index (χ1) is 24.8. The van der Waals surface area contributed by atoms with Crippen LogP contribution in [0.15, 0.2) is 178 Å². The smallest absolute Gasteiger partial charge is 0.144 e. The van der Waals surface area contributed by atoms with Gasteiger partial charge in [-0.15, -0.1) is 0 Å². The van der Waals surface area contributed by atoms with Gasteiger partial charge in [0, 0.05) is 27.0 Å². The van der Waals surface area contributed by atoms with Crippen molar-refractivity contribution < 1.29 is 4.42 Å². The van der Waals surface area contributed by atoms with Crippen molar-refractivity contribution in [1.29, 1.82) is 0 Å². The van der Waals surface area contributed by atoms with E-state index in [1.165, 1.54) is 91.8 Å². The average molecular weight is 655 g/mol. The van der Waals surface area contributed by atoms with Crippen LogP contribution in [-0.2, 0) is 0 Å². The van der Waals surface area contributed by atoms with E-state index in [1.807, 2.05) is 11.8 Å². The highest BCUT2D eigenvalue weighted by Crippen LogP contribution is 2.57.